The number of nitrogens with zero attached hydrogens (tertiary/aromatic N) is 1. The van der Waals surface area contributed by atoms with E-state index in [0.717, 1.165) is 32.2 Å². The molecule has 2 aliphatic heterocycles. The van der Waals surface area contributed by atoms with Gasteiger partial charge in [0, 0.05) is 32.2 Å². The molecule has 0 saturated carbocycles. The molecule has 2 aliphatic rings. The standard InChI is InChI=1S/C14H25N3O3/c18-10-2-7-16-13(19)11-4-8-17(9-5-11)14(20)12-3-1-6-15-12/h11-12,15,18H,1-10H2,(H,16,19)/t12-/m1/s1. The molecule has 0 radical (unpaired) electrons. The van der Waals surface area contributed by atoms with Crippen LogP contribution in [0.1, 0.15) is 32.1 Å². The molecule has 2 fully saturated rings. The summed E-state index contributed by atoms with van der Waals surface area (Å²) in [4.78, 5) is 26.0. The van der Waals surface area contributed by atoms with Crippen molar-refractivity contribution < 1.29 is 14.7 Å². The third kappa shape index (κ3) is 3.93. The number of amides is 2. The average molecular weight is 283 g/mol. The second kappa shape index (κ2) is 7.59. The Bertz CT molecular complexity index is 335. The SMILES string of the molecule is O=C(NCCCO)C1CCN(C(=O)[C@H]2CCCN2)CC1. The maximum atomic E-state index is 12.2. The molecule has 0 aliphatic carbocycles. The van der Waals surface area contributed by atoms with Gasteiger partial charge in [0.25, 0.3) is 0 Å². The minimum absolute atomic E-state index is 0.00859. The third-order valence-electron chi connectivity index (χ3n) is 4.17. The van der Waals surface area contributed by atoms with Crippen LogP contribution in [0, 0.1) is 5.92 Å². The molecule has 3 N–H and O–H groups in total. The first-order chi connectivity index (χ1) is 9.72. The fourth-order valence-corrected chi connectivity index (χ4v) is 2.91. The molecule has 2 amide bonds. The van der Waals surface area contributed by atoms with Gasteiger partial charge in [-0.15, -0.1) is 0 Å². The quantitative estimate of drug-likeness (QED) is 0.593. The summed E-state index contributed by atoms with van der Waals surface area (Å²) in [6.45, 7) is 2.91. The molecule has 0 aromatic heterocycles. The predicted molar refractivity (Wildman–Crippen MR) is 75.0 cm³/mol. The summed E-state index contributed by atoms with van der Waals surface area (Å²) in [5.41, 5.74) is 0. The van der Waals surface area contributed by atoms with Crippen molar-refractivity contribution in [3.63, 3.8) is 0 Å². The summed E-state index contributed by atoms with van der Waals surface area (Å²) in [7, 11) is 0. The van der Waals surface area contributed by atoms with Gasteiger partial charge in [0.15, 0.2) is 0 Å². The van der Waals surface area contributed by atoms with Crippen LogP contribution in [0.15, 0.2) is 0 Å². The fourth-order valence-electron chi connectivity index (χ4n) is 2.91. The summed E-state index contributed by atoms with van der Waals surface area (Å²) in [6, 6.07) is -0.00932. The summed E-state index contributed by atoms with van der Waals surface area (Å²) in [6.07, 6.45) is 4.07. The maximum Gasteiger partial charge on any atom is 0.239 e. The summed E-state index contributed by atoms with van der Waals surface area (Å²) in [5, 5.41) is 14.8. The molecule has 0 aromatic rings. The van der Waals surface area contributed by atoms with Gasteiger partial charge in [-0.1, -0.05) is 0 Å². The Morgan fingerprint density at radius 3 is 2.60 bits per heavy atom. The minimum atomic E-state index is -0.00932. The summed E-state index contributed by atoms with van der Waals surface area (Å²) < 4.78 is 0. The van der Waals surface area contributed by atoms with Crippen LogP contribution in [0.5, 0.6) is 0 Å². The van der Waals surface area contributed by atoms with E-state index in [1.807, 2.05) is 4.90 Å². The number of nitrogens with one attached hydrogen (secondary N) is 2. The average Bonchev–Trinajstić information content (AvgIpc) is 3.01. The Morgan fingerprint density at radius 1 is 1.25 bits per heavy atom. The van der Waals surface area contributed by atoms with Crippen molar-refractivity contribution in [2.45, 2.75) is 38.1 Å². The smallest absolute Gasteiger partial charge is 0.239 e. The van der Waals surface area contributed by atoms with Gasteiger partial charge in [0.2, 0.25) is 11.8 Å². The van der Waals surface area contributed by atoms with E-state index < -0.39 is 0 Å². The van der Waals surface area contributed by atoms with E-state index in [-0.39, 0.29) is 30.4 Å². The van der Waals surface area contributed by atoms with Crippen molar-refractivity contribution in [3.05, 3.63) is 0 Å². The lowest BCUT2D eigenvalue weighted by molar-refractivity contribution is -0.137. The first-order valence-corrected chi connectivity index (χ1v) is 7.63. The number of aliphatic hydroxyl groups excluding tert-OH is 1. The molecule has 2 saturated heterocycles. The van der Waals surface area contributed by atoms with Gasteiger partial charge >= 0.3 is 0 Å². The van der Waals surface area contributed by atoms with Crippen molar-refractivity contribution in [1.82, 2.24) is 15.5 Å². The summed E-state index contributed by atoms with van der Waals surface area (Å²) >= 11 is 0. The van der Waals surface area contributed by atoms with Crippen LogP contribution in [0.2, 0.25) is 0 Å². The normalized spacial score (nSPS) is 23.9. The van der Waals surface area contributed by atoms with E-state index in [9.17, 15) is 9.59 Å². The van der Waals surface area contributed by atoms with Crippen LogP contribution in [0.3, 0.4) is 0 Å². The molecule has 1 atom stereocenters. The Morgan fingerprint density at radius 2 is 2.00 bits per heavy atom. The van der Waals surface area contributed by atoms with E-state index in [0.29, 0.717) is 26.1 Å². The lowest BCUT2D eigenvalue weighted by Crippen LogP contribution is -2.48. The molecule has 0 spiro atoms. The van der Waals surface area contributed by atoms with E-state index in [2.05, 4.69) is 10.6 Å². The highest BCUT2D eigenvalue weighted by atomic mass is 16.3. The molecule has 114 valence electrons. The van der Waals surface area contributed by atoms with Gasteiger partial charge in [-0.25, -0.2) is 0 Å². The van der Waals surface area contributed by atoms with Gasteiger partial charge in [-0.05, 0) is 38.6 Å². The number of aliphatic hydroxyl groups is 1. The van der Waals surface area contributed by atoms with Crippen LogP contribution in [0.25, 0.3) is 0 Å². The molecular formula is C14H25N3O3. The first kappa shape index (κ1) is 15.3. The Balaban J connectivity index is 1.71. The lowest BCUT2D eigenvalue weighted by Gasteiger charge is -2.33. The van der Waals surface area contributed by atoms with Crippen LogP contribution < -0.4 is 10.6 Å². The molecule has 0 bridgehead atoms. The van der Waals surface area contributed by atoms with Crippen LogP contribution in [-0.2, 0) is 9.59 Å². The number of hydrogen-bond acceptors (Lipinski definition) is 4. The number of rotatable bonds is 5. The molecule has 20 heavy (non-hydrogen) atoms. The molecule has 2 rings (SSSR count). The molecule has 0 aromatic carbocycles. The van der Waals surface area contributed by atoms with Crippen LogP contribution in [-0.4, -0.2) is 60.6 Å². The van der Waals surface area contributed by atoms with E-state index in [4.69, 9.17) is 5.11 Å². The second-order valence-corrected chi connectivity index (χ2v) is 5.62. The van der Waals surface area contributed by atoms with Gasteiger partial charge in [-0.2, -0.15) is 0 Å². The third-order valence-corrected chi connectivity index (χ3v) is 4.17. The number of hydrogen-bond donors (Lipinski definition) is 3. The number of piperidine rings is 1. The Labute approximate surface area is 119 Å². The highest BCUT2D eigenvalue weighted by molar-refractivity contribution is 5.83. The lowest BCUT2D eigenvalue weighted by atomic mass is 9.95. The van der Waals surface area contributed by atoms with Crippen molar-refractivity contribution in [1.29, 1.82) is 0 Å². The van der Waals surface area contributed by atoms with Crippen molar-refractivity contribution in [3.8, 4) is 0 Å². The topological polar surface area (TPSA) is 81.7 Å². The molecule has 6 heteroatoms. The number of carbonyl (C=O) groups excluding carboxylic acids is 2. The zero-order chi connectivity index (χ0) is 14.4. The zero-order valence-corrected chi connectivity index (χ0v) is 11.9. The van der Waals surface area contributed by atoms with Crippen LogP contribution in [0.4, 0.5) is 0 Å². The molecule has 2 heterocycles. The largest absolute Gasteiger partial charge is 0.396 e. The van der Waals surface area contributed by atoms with E-state index in [1.54, 1.807) is 0 Å². The zero-order valence-electron chi connectivity index (χ0n) is 11.9. The van der Waals surface area contributed by atoms with E-state index >= 15 is 0 Å². The van der Waals surface area contributed by atoms with Crippen molar-refractivity contribution in [2.75, 3.05) is 32.8 Å². The number of carbonyl (C=O) groups is 2. The van der Waals surface area contributed by atoms with Gasteiger partial charge < -0.3 is 20.6 Å². The molecule has 6 nitrogen and oxygen atoms in total. The summed E-state index contributed by atoms with van der Waals surface area (Å²) in [5.74, 6) is 0.264. The molecule has 0 unspecified atom stereocenters. The van der Waals surface area contributed by atoms with E-state index in [1.165, 1.54) is 0 Å². The maximum absolute atomic E-state index is 12.2. The van der Waals surface area contributed by atoms with Gasteiger partial charge in [0.1, 0.15) is 0 Å². The van der Waals surface area contributed by atoms with Gasteiger partial charge in [-0.3, -0.25) is 9.59 Å². The molecular weight excluding hydrogens is 258 g/mol. The highest BCUT2D eigenvalue weighted by Gasteiger charge is 2.31. The predicted octanol–water partition coefficient (Wildman–Crippen LogP) is -0.524. The Kier molecular flexibility index (Phi) is 5.79. The minimum Gasteiger partial charge on any atom is -0.396 e. The number of likely N-dealkylation sites (tertiary alicyclic amines) is 1. The Hall–Kier alpha value is -1.14. The van der Waals surface area contributed by atoms with Gasteiger partial charge in [0.05, 0.1) is 6.04 Å². The highest BCUT2D eigenvalue weighted by Crippen LogP contribution is 2.19. The van der Waals surface area contributed by atoms with Crippen molar-refractivity contribution >= 4 is 11.8 Å². The first-order valence-electron chi connectivity index (χ1n) is 7.63. The van der Waals surface area contributed by atoms with Crippen LogP contribution >= 0.6 is 0 Å². The monoisotopic (exact) mass is 283 g/mol. The fraction of sp³-hybridized carbons (Fsp3) is 0.857. The second-order valence-electron chi connectivity index (χ2n) is 5.62. The van der Waals surface area contributed by atoms with Crippen molar-refractivity contribution in [2.24, 2.45) is 5.92 Å².